The van der Waals surface area contributed by atoms with Crippen LogP contribution in [0.3, 0.4) is 0 Å². The molecule has 1 aromatic carbocycles. The highest BCUT2D eigenvalue weighted by molar-refractivity contribution is 5.62. The summed E-state index contributed by atoms with van der Waals surface area (Å²) in [5.74, 6) is 1.43. The molecule has 5 heteroatoms. The van der Waals surface area contributed by atoms with E-state index in [0.717, 1.165) is 16.9 Å². The monoisotopic (exact) mass is 244 g/mol. The lowest BCUT2D eigenvalue weighted by atomic mass is 10.1. The molecule has 3 N–H and O–H groups in total. The second-order valence-corrected chi connectivity index (χ2v) is 3.74. The molecule has 1 heterocycles. The van der Waals surface area contributed by atoms with E-state index in [4.69, 9.17) is 10.5 Å². The lowest BCUT2D eigenvalue weighted by molar-refractivity contribution is 0.415. The Bertz CT molecular complexity index is 481. The highest BCUT2D eigenvalue weighted by atomic mass is 16.5. The summed E-state index contributed by atoms with van der Waals surface area (Å²) >= 11 is 0. The first-order chi connectivity index (χ1) is 8.83. The molecule has 1 aromatic heterocycles. The van der Waals surface area contributed by atoms with Gasteiger partial charge in [-0.2, -0.15) is 0 Å². The van der Waals surface area contributed by atoms with Crippen molar-refractivity contribution in [1.29, 1.82) is 0 Å². The molecule has 0 radical (unpaired) electrons. The van der Waals surface area contributed by atoms with Crippen LogP contribution >= 0.6 is 0 Å². The van der Waals surface area contributed by atoms with Crippen LogP contribution in [0.4, 0.5) is 5.95 Å². The predicted molar refractivity (Wildman–Crippen MR) is 71.6 cm³/mol. The Morgan fingerprint density at radius 3 is 2.33 bits per heavy atom. The maximum atomic E-state index is 5.39. The van der Waals surface area contributed by atoms with Crippen molar-refractivity contribution in [2.45, 2.75) is 0 Å². The van der Waals surface area contributed by atoms with Crippen molar-refractivity contribution in [1.82, 2.24) is 9.97 Å². The van der Waals surface area contributed by atoms with E-state index in [-0.39, 0.29) is 0 Å². The van der Waals surface area contributed by atoms with Gasteiger partial charge in [0.15, 0.2) is 0 Å². The van der Waals surface area contributed by atoms with Gasteiger partial charge in [0, 0.05) is 31.0 Å². The standard InChI is InChI=1S/C13H16N4O/c1-18-12-4-2-10(3-5-12)11-8-16-13(17-9-11)15-7-6-14/h2-5,8-9H,6-7,14H2,1H3,(H,15,16,17). The number of hydrogen-bond acceptors (Lipinski definition) is 5. The summed E-state index contributed by atoms with van der Waals surface area (Å²) in [4.78, 5) is 8.45. The van der Waals surface area contributed by atoms with E-state index in [1.165, 1.54) is 0 Å². The average Bonchev–Trinajstić information content (AvgIpc) is 2.46. The fourth-order valence-electron chi connectivity index (χ4n) is 1.54. The topological polar surface area (TPSA) is 73.1 Å². The Hall–Kier alpha value is -2.14. The minimum atomic E-state index is 0.559. The molecule has 18 heavy (non-hydrogen) atoms. The van der Waals surface area contributed by atoms with Gasteiger partial charge in [-0.3, -0.25) is 0 Å². The van der Waals surface area contributed by atoms with Gasteiger partial charge in [-0.05, 0) is 17.7 Å². The van der Waals surface area contributed by atoms with E-state index in [1.807, 2.05) is 24.3 Å². The summed E-state index contributed by atoms with van der Waals surface area (Å²) < 4.78 is 5.12. The lowest BCUT2D eigenvalue weighted by Crippen LogP contribution is -2.14. The summed E-state index contributed by atoms with van der Waals surface area (Å²) in [5, 5.41) is 3.02. The SMILES string of the molecule is COc1ccc(-c2cnc(NCCN)nc2)cc1. The van der Waals surface area contributed by atoms with E-state index < -0.39 is 0 Å². The zero-order chi connectivity index (χ0) is 12.8. The Morgan fingerprint density at radius 2 is 1.78 bits per heavy atom. The molecule has 5 nitrogen and oxygen atoms in total. The van der Waals surface area contributed by atoms with Crippen molar-refractivity contribution in [2.24, 2.45) is 5.73 Å². The molecule has 0 spiro atoms. The number of rotatable bonds is 5. The molecule has 0 unspecified atom stereocenters. The highest BCUT2D eigenvalue weighted by Gasteiger charge is 2.00. The highest BCUT2D eigenvalue weighted by Crippen LogP contribution is 2.21. The molecule has 0 aliphatic rings. The molecule has 2 rings (SSSR count). The predicted octanol–water partition coefficient (Wildman–Crippen LogP) is 1.52. The van der Waals surface area contributed by atoms with Crippen molar-refractivity contribution < 1.29 is 4.74 Å². The molecule has 0 saturated carbocycles. The Morgan fingerprint density at radius 1 is 1.11 bits per heavy atom. The smallest absolute Gasteiger partial charge is 0.222 e. The maximum absolute atomic E-state index is 5.39. The van der Waals surface area contributed by atoms with Gasteiger partial charge >= 0.3 is 0 Å². The molecule has 2 aromatic rings. The van der Waals surface area contributed by atoms with Crippen LogP contribution in [-0.4, -0.2) is 30.2 Å². The summed E-state index contributed by atoms with van der Waals surface area (Å²) in [6.45, 7) is 1.23. The van der Waals surface area contributed by atoms with Crippen LogP contribution in [0, 0.1) is 0 Å². The molecular formula is C13H16N4O. The van der Waals surface area contributed by atoms with E-state index in [0.29, 0.717) is 19.0 Å². The van der Waals surface area contributed by atoms with Crippen LogP contribution in [-0.2, 0) is 0 Å². The number of anilines is 1. The van der Waals surface area contributed by atoms with Crippen molar-refractivity contribution >= 4 is 5.95 Å². The van der Waals surface area contributed by atoms with Crippen LogP contribution in [0.25, 0.3) is 11.1 Å². The van der Waals surface area contributed by atoms with Gasteiger partial charge in [-0.15, -0.1) is 0 Å². The molecule has 0 saturated heterocycles. The van der Waals surface area contributed by atoms with Gasteiger partial charge in [0.25, 0.3) is 0 Å². The number of ether oxygens (including phenoxy) is 1. The van der Waals surface area contributed by atoms with Gasteiger partial charge in [-0.25, -0.2) is 9.97 Å². The van der Waals surface area contributed by atoms with Gasteiger partial charge in [0.1, 0.15) is 5.75 Å². The molecular weight excluding hydrogens is 228 g/mol. The van der Waals surface area contributed by atoms with Crippen LogP contribution in [0.5, 0.6) is 5.75 Å². The minimum absolute atomic E-state index is 0.559. The lowest BCUT2D eigenvalue weighted by Gasteiger charge is -2.05. The first-order valence-corrected chi connectivity index (χ1v) is 5.74. The third-order valence-electron chi connectivity index (χ3n) is 2.50. The van der Waals surface area contributed by atoms with Crippen LogP contribution in [0.15, 0.2) is 36.7 Å². The molecule has 0 amide bonds. The van der Waals surface area contributed by atoms with Crippen molar-refractivity contribution in [3.05, 3.63) is 36.7 Å². The van der Waals surface area contributed by atoms with Crippen molar-refractivity contribution in [2.75, 3.05) is 25.5 Å². The second-order valence-electron chi connectivity index (χ2n) is 3.74. The van der Waals surface area contributed by atoms with Gasteiger partial charge in [0.05, 0.1) is 7.11 Å². The average molecular weight is 244 g/mol. The van der Waals surface area contributed by atoms with Crippen molar-refractivity contribution in [3.8, 4) is 16.9 Å². The minimum Gasteiger partial charge on any atom is -0.497 e. The Labute approximate surface area is 106 Å². The normalized spacial score (nSPS) is 10.1. The third-order valence-corrected chi connectivity index (χ3v) is 2.50. The van der Waals surface area contributed by atoms with Crippen LogP contribution in [0.1, 0.15) is 0 Å². The first-order valence-electron chi connectivity index (χ1n) is 5.74. The fourth-order valence-corrected chi connectivity index (χ4v) is 1.54. The summed E-state index contributed by atoms with van der Waals surface area (Å²) in [6.07, 6.45) is 3.57. The van der Waals surface area contributed by atoms with E-state index >= 15 is 0 Å². The number of nitrogens with zero attached hydrogens (tertiary/aromatic N) is 2. The molecule has 0 fully saturated rings. The Kier molecular flexibility index (Phi) is 4.09. The maximum Gasteiger partial charge on any atom is 0.222 e. The zero-order valence-electron chi connectivity index (χ0n) is 10.3. The molecule has 0 aliphatic carbocycles. The summed E-state index contributed by atoms with van der Waals surface area (Å²) in [6, 6.07) is 7.78. The van der Waals surface area contributed by atoms with E-state index in [2.05, 4.69) is 15.3 Å². The Balaban J connectivity index is 2.12. The number of methoxy groups -OCH3 is 1. The fraction of sp³-hybridized carbons (Fsp3) is 0.231. The number of benzene rings is 1. The van der Waals surface area contributed by atoms with Crippen LogP contribution < -0.4 is 15.8 Å². The summed E-state index contributed by atoms with van der Waals surface area (Å²) in [5.41, 5.74) is 7.42. The van der Waals surface area contributed by atoms with Crippen molar-refractivity contribution in [3.63, 3.8) is 0 Å². The third kappa shape index (κ3) is 2.95. The van der Waals surface area contributed by atoms with E-state index in [1.54, 1.807) is 19.5 Å². The van der Waals surface area contributed by atoms with E-state index in [9.17, 15) is 0 Å². The zero-order valence-corrected chi connectivity index (χ0v) is 10.3. The second kappa shape index (κ2) is 5.97. The molecule has 0 aliphatic heterocycles. The number of hydrogen-bond donors (Lipinski definition) is 2. The van der Waals surface area contributed by atoms with Gasteiger partial charge in [0.2, 0.25) is 5.95 Å². The molecule has 0 bridgehead atoms. The first kappa shape index (κ1) is 12.3. The van der Waals surface area contributed by atoms with Gasteiger partial charge in [-0.1, -0.05) is 12.1 Å². The molecule has 0 atom stereocenters. The van der Waals surface area contributed by atoms with Gasteiger partial charge < -0.3 is 15.8 Å². The van der Waals surface area contributed by atoms with Crippen LogP contribution in [0.2, 0.25) is 0 Å². The quantitative estimate of drug-likeness (QED) is 0.834. The number of aromatic nitrogens is 2. The molecule has 94 valence electrons. The number of nitrogens with one attached hydrogen (secondary N) is 1. The summed E-state index contributed by atoms with van der Waals surface area (Å²) in [7, 11) is 1.65. The largest absolute Gasteiger partial charge is 0.497 e. The number of nitrogens with two attached hydrogens (primary N) is 1.